The summed E-state index contributed by atoms with van der Waals surface area (Å²) in [7, 11) is 0. The largest absolute Gasteiger partial charge is 0.508 e. The number of rotatable bonds is 4. The number of amides is 2. The van der Waals surface area contributed by atoms with Crippen LogP contribution in [0.3, 0.4) is 0 Å². The Bertz CT molecular complexity index is 646. The summed E-state index contributed by atoms with van der Waals surface area (Å²) < 4.78 is 2.02. The van der Waals surface area contributed by atoms with Crippen LogP contribution in [0.25, 0.3) is 11.8 Å². The molecule has 0 unspecified atom stereocenters. The van der Waals surface area contributed by atoms with E-state index in [1.165, 1.54) is 0 Å². The number of phenolic OH excluding ortho intramolecular Hbond substituents is 1. The second kappa shape index (κ2) is 6.56. The minimum absolute atomic E-state index is 0.195. The summed E-state index contributed by atoms with van der Waals surface area (Å²) in [4.78, 5) is 11.2. The molecule has 1 aromatic carbocycles. The van der Waals surface area contributed by atoms with Gasteiger partial charge in [-0.1, -0.05) is 12.1 Å². The minimum Gasteiger partial charge on any atom is -0.508 e. The predicted molar refractivity (Wildman–Crippen MR) is 81.0 cm³/mol. The Hall–Kier alpha value is -2.82. The van der Waals surface area contributed by atoms with E-state index >= 15 is 0 Å². The van der Waals surface area contributed by atoms with Crippen LogP contribution in [0.5, 0.6) is 5.75 Å². The van der Waals surface area contributed by atoms with Crippen LogP contribution in [-0.2, 0) is 6.54 Å². The van der Waals surface area contributed by atoms with Crippen molar-refractivity contribution >= 4 is 17.8 Å². The van der Waals surface area contributed by atoms with Gasteiger partial charge in [0.15, 0.2) is 12.4 Å². The fourth-order valence-corrected chi connectivity index (χ4v) is 1.91. The number of aromatic nitrogens is 1. The normalized spacial score (nSPS) is 11.2. The third-order valence-electron chi connectivity index (χ3n) is 3.03. The molecule has 0 spiro atoms. The van der Waals surface area contributed by atoms with Gasteiger partial charge in [0.05, 0.1) is 5.70 Å². The van der Waals surface area contributed by atoms with Crippen molar-refractivity contribution in [2.24, 2.45) is 5.73 Å². The zero-order valence-electron chi connectivity index (χ0n) is 11.8. The van der Waals surface area contributed by atoms with Crippen molar-refractivity contribution in [1.82, 2.24) is 5.32 Å². The summed E-state index contributed by atoms with van der Waals surface area (Å²) in [5.74, 6) is 0.195. The molecule has 4 N–H and O–H groups in total. The maximum atomic E-state index is 11.2. The predicted octanol–water partition coefficient (Wildman–Crippen LogP) is 1.87. The zero-order valence-corrected chi connectivity index (χ0v) is 11.8. The molecule has 5 heteroatoms. The lowest BCUT2D eigenvalue weighted by molar-refractivity contribution is -0.693. The van der Waals surface area contributed by atoms with Crippen molar-refractivity contribution < 1.29 is 14.5 Å². The molecule has 0 radical (unpaired) electrons. The molecule has 2 aromatic rings. The third-order valence-corrected chi connectivity index (χ3v) is 3.03. The first-order chi connectivity index (χ1) is 10.1. The Kier molecular flexibility index (Phi) is 4.56. The van der Waals surface area contributed by atoms with Crippen molar-refractivity contribution in [2.75, 3.05) is 0 Å². The average Bonchev–Trinajstić information content (AvgIpc) is 2.48. The van der Waals surface area contributed by atoms with Gasteiger partial charge >= 0.3 is 6.03 Å². The molecule has 1 aromatic heterocycles. The monoisotopic (exact) mass is 284 g/mol. The zero-order chi connectivity index (χ0) is 15.2. The molecular weight excluding hydrogens is 266 g/mol. The number of benzene rings is 1. The number of nitrogens with one attached hydrogen (secondary N) is 1. The fraction of sp³-hybridized carbons (Fsp3) is 0.125. The number of pyridine rings is 1. The van der Waals surface area contributed by atoms with Gasteiger partial charge in [-0.25, -0.2) is 9.36 Å². The molecule has 0 fully saturated rings. The van der Waals surface area contributed by atoms with Gasteiger partial charge in [0.25, 0.3) is 0 Å². The number of aromatic hydroxyl groups is 1. The minimum atomic E-state index is -0.618. The second-order valence-corrected chi connectivity index (χ2v) is 4.56. The molecule has 2 amide bonds. The number of nitrogens with two attached hydrogens (primary N) is 1. The van der Waals surface area contributed by atoms with Crippen LogP contribution in [0.15, 0.2) is 48.8 Å². The Morgan fingerprint density at radius 2 is 1.86 bits per heavy atom. The third kappa shape index (κ3) is 4.07. The van der Waals surface area contributed by atoms with Crippen LogP contribution < -0.4 is 15.6 Å². The summed E-state index contributed by atoms with van der Waals surface area (Å²) in [6.45, 7) is 2.93. The number of hydrogen-bond donors (Lipinski definition) is 3. The van der Waals surface area contributed by atoms with Gasteiger partial charge in [-0.3, -0.25) is 0 Å². The average molecular weight is 284 g/mol. The number of phenols is 1. The molecule has 0 saturated heterocycles. The molecule has 0 aliphatic heterocycles. The van der Waals surface area contributed by atoms with E-state index in [0.29, 0.717) is 5.70 Å². The molecule has 108 valence electrons. The van der Waals surface area contributed by atoms with E-state index in [-0.39, 0.29) is 5.75 Å². The first kappa shape index (κ1) is 14.6. The van der Waals surface area contributed by atoms with Crippen molar-refractivity contribution in [3.05, 3.63) is 59.9 Å². The Morgan fingerprint density at radius 1 is 1.24 bits per heavy atom. The first-order valence-electron chi connectivity index (χ1n) is 6.65. The van der Waals surface area contributed by atoms with E-state index in [1.54, 1.807) is 30.3 Å². The summed E-state index contributed by atoms with van der Waals surface area (Å²) in [5, 5.41) is 11.9. The van der Waals surface area contributed by atoms with E-state index in [4.69, 9.17) is 5.73 Å². The van der Waals surface area contributed by atoms with Gasteiger partial charge in [-0.2, -0.15) is 0 Å². The maximum Gasteiger partial charge on any atom is 0.316 e. The van der Waals surface area contributed by atoms with Gasteiger partial charge in [-0.15, -0.1) is 0 Å². The molecule has 0 atom stereocenters. The van der Waals surface area contributed by atoms with Gasteiger partial charge < -0.3 is 16.2 Å². The molecule has 0 saturated carbocycles. The molecule has 0 aliphatic carbocycles. The molecule has 21 heavy (non-hydrogen) atoms. The van der Waals surface area contributed by atoms with Gasteiger partial charge in [0, 0.05) is 17.7 Å². The topological polar surface area (TPSA) is 79.2 Å². The maximum absolute atomic E-state index is 11.2. The number of urea groups is 1. The van der Waals surface area contributed by atoms with Crippen LogP contribution in [0.2, 0.25) is 0 Å². The molecule has 0 bridgehead atoms. The molecule has 5 nitrogen and oxygen atoms in total. The molecule has 2 rings (SSSR count). The van der Waals surface area contributed by atoms with Crippen molar-refractivity contribution in [3.63, 3.8) is 0 Å². The smallest absolute Gasteiger partial charge is 0.316 e. The lowest BCUT2D eigenvalue weighted by atomic mass is 10.1. The summed E-state index contributed by atoms with van der Waals surface area (Å²) in [6, 6.07) is 9.89. The van der Waals surface area contributed by atoms with Gasteiger partial charge in [0.1, 0.15) is 12.3 Å². The summed E-state index contributed by atoms with van der Waals surface area (Å²) in [6.07, 6.45) is 5.67. The Labute approximate surface area is 123 Å². The number of primary amides is 1. The van der Waals surface area contributed by atoms with Crippen LogP contribution >= 0.6 is 0 Å². The van der Waals surface area contributed by atoms with Gasteiger partial charge in [0.2, 0.25) is 0 Å². The van der Waals surface area contributed by atoms with E-state index in [2.05, 4.69) is 12.2 Å². The number of aryl methyl sites for hydroxylation is 1. The van der Waals surface area contributed by atoms with Crippen molar-refractivity contribution in [3.8, 4) is 5.75 Å². The first-order valence-corrected chi connectivity index (χ1v) is 6.65. The Balaban J connectivity index is 2.36. The Morgan fingerprint density at radius 3 is 2.38 bits per heavy atom. The number of hydrogen-bond acceptors (Lipinski definition) is 2. The number of carbonyl (C=O) groups is 1. The standard InChI is InChI=1S/C16H17N3O2/c1-2-19-9-7-13(8-10-19)15(18-16(17)21)11-12-3-5-14(20)6-4-12/h3-11H,2H2,1H3,(H3,17,18,21)/p+1. The molecule has 0 aliphatic rings. The van der Waals surface area contributed by atoms with E-state index < -0.39 is 6.03 Å². The lowest BCUT2D eigenvalue weighted by Gasteiger charge is -2.08. The number of nitrogens with zero attached hydrogens (tertiary/aromatic N) is 1. The van der Waals surface area contributed by atoms with Gasteiger partial charge in [-0.05, 0) is 30.7 Å². The second-order valence-electron chi connectivity index (χ2n) is 4.56. The molecular formula is C16H18N3O2+. The van der Waals surface area contributed by atoms with Crippen molar-refractivity contribution in [1.29, 1.82) is 0 Å². The number of carbonyl (C=O) groups excluding carboxylic acids is 1. The van der Waals surface area contributed by atoms with Crippen LogP contribution in [0.1, 0.15) is 18.1 Å². The quantitative estimate of drug-likeness (QED) is 0.749. The lowest BCUT2D eigenvalue weighted by Crippen LogP contribution is -2.32. The van der Waals surface area contributed by atoms with Crippen LogP contribution in [0.4, 0.5) is 4.79 Å². The highest BCUT2D eigenvalue weighted by atomic mass is 16.3. The fourth-order valence-electron chi connectivity index (χ4n) is 1.91. The van der Waals surface area contributed by atoms with Crippen LogP contribution in [-0.4, -0.2) is 11.1 Å². The summed E-state index contributed by atoms with van der Waals surface area (Å²) in [5.41, 5.74) is 7.54. The summed E-state index contributed by atoms with van der Waals surface area (Å²) >= 11 is 0. The molecule has 1 heterocycles. The van der Waals surface area contributed by atoms with E-state index in [1.807, 2.05) is 29.1 Å². The highest BCUT2D eigenvalue weighted by Gasteiger charge is 2.07. The highest BCUT2D eigenvalue weighted by Crippen LogP contribution is 2.17. The SMILES string of the molecule is CC[n+]1ccc(/C(=C/c2ccc(O)cc2)NC(N)=O)cc1. The van der Waals surface area contributed by atoms with E-state index in [9.17, 15) is 9.90 Å². The van der Waals surface area contributed by atoms with Crippen molar-refractivity contribution in [2.45, 2.75) is 13.5 Å². The van der Waals surface area contributed by atoms with E-state index in [0.717, 1.165) is 17.7 Å². The highest BCUT2D eigenvalue weighted by molar-refractivity contribution is 5.90. The van der Waals surface area contributed by atoms with Crippen LogP contribution in [0, 0.1) is 0 Å².